The third kappa shape index (κ3) is 5.44. The van der Waals surface area contributed by atoms with Gasteiger partial charge in [-0.3, -0.25) is 4.79 Å². The quantitative estimate of drug-likeness (QED) is 0.0564. The fourth-order valence-electron chi connectivity index (χ4n) is 4.05. The zero-order valence-corrected chi connectivity index (χ0v) is 21.5. The largest absolute Gasteiger partial charge is 0.515 e. The molecule has 1 unspecified atom stereocenters. The van der Waals surface area contributed by atoms with E-state index in [9.17, 15) is 24.6 Å². The molecule has 0 aliphatic heterocycles. The van der Waals surface area contributed by atoms with Crippen LogP contribution in [0.4, 0.5) is 5.69 Å². The number of hydrogen-bond donors (Lipinski definition) is 3. The van der Waals surface area contributed by atoms with Gasteiger partial charge in [-0.1, -0.05) is 50.2 Å². The van der Waals surface area contributed by atoms with Gasteiger partial charge in [0.05, 0.1) is 28.7 Å². The summed E-state index contributed by atoms with van der Waals surface area (Å²) in [7, 11) is 0. The van der Waals surface area contributed by atoms with Crippen molar-refractivity contribution in [1.82, 2.24) is 0 Å². The summed E-state index contributed by atoms with van der Waals surface area (Å²) in [4.78, 5) is 38.4. The van der Waals surface area contributed by atoms with E-state index in [-0.39, 0.29) is 33.4 Å². The molecule has 0 radical (unpaired) electrons. The molecule has 1 aromatic heterocycles. The number of aryl methyl sites for hydroxylation is 2. The number of aromatic hydroxyl groups is 1. The minimum Gasteiger partial charge on any atom is -0.515 e. The molecule has 1 heterocycles. The normalized spacial score (nSPS) is 11.8. The standard InChI is InChI=1S/C28H23NO7.C2H6/c1-15-7-10-20-23(11-15)36-28(34)25(26(20)32)24(19-6-4-3-5-17(19)13-30)21(14-31)27(33)35-22-12-18(29)9-8-16(22)2;1-2/h3-14,24,31-32H,29H2,1-2H3;1-2H3/b21-14+;. The fourth-order valence-corrected chi connectivity index (χ4v) is 4.05. The molecule has 4 aromatic rings. The van der Waals surface area contributed by atoms with Crippen molar-refractivity contribution in [3.8, 4) is 11.5 Å². The van der Waals surface area contributed by atoms with Gasteiger partial charge in [-0.25, -0.2) is 9.59 Å². The average Bonchev–Trinajstić information content (AvgIpc) is 2.91. The first-order valence-corrected chi connectivity index (χ1v) is 12.0. The van der Waals surface area contributed by atoms with Crippen LogP contribution >= 0.6 is 0 Å². The first-order chi connectivity index (χ1) is 18.2. The Labute approximate surface area is 219 Å². The SMILES string of the molecule is CC.Cc1ccc2c(O)c(C(/C(=C\O)C(=O)Oc3cc(N)ccc3C)c3ccccc3C=O)c(=O)oc2c1. The van der Waals surface area contributed by atoms with Crippen molar-refractivity contribution in [3.05, 3.63) is 111 Å². The minimum atomic E-state index is -1.40. The molecule has 0 aliphatic rings. The molecule has 4 rings (SSSR count). The number of fused-ring (bicyclic) bond motifs is 1. The van der Waals surface area contributed by atoms with Crippen LogP contribution in [0.2, 0.25) is 0 Å². The summed E-state index contributed by atoms with van der Waals surface area (Å²) in [5.41, 5.74) is 6.36. The summed E-state index contributed by atoms with van der Waals surface area (Å²) >= 11 is 0. The first-order valence-electron chi connectivity index (χ1n) is 12.0. The summed E-state index contributed by atoms with van der Waals surface area (Å²) < 4.78 is 11.0. The monoisotopic (exact) mass is 515 g/mol. The molecule has 1 atom stereocenters. The number of aliphatic hydroxyl groups excluding tert-OH is 1. The van der Waals surface area contributed by atoms with Crippen molar-refractivity contribution in [1.29, 1.82) is 0 Å². The van der Waals surface area contributed by atoms with Crippen LogP contribution < -0.4 is 16.1 Å². The van der Waals surface area contributed by atoms with Gasteiger partial charge < -0.3 is 25.1 Å². The molecule has 0 aliphatic carbocycles. The van der Waals surface area contributed by atoms with Crippen LogP contribution in [0.3, 0.4) is 0 Å². The van der Waals surface area contributed by atoms with Gasteiger partial charge in [0.15, 0.2) is 0 Å². The second-order valence-electron chi connectivity index (χ2n) is 8.33. The lowest BCUT2D eigenvalue weighted by Gasteiger charge is -2.22. The van der Waals surface area contributed by atoms with E-state index in [0.717, 1.165) is 5.56 Å². The number of rotatable bonds is 6. The number of aldehydes is 1. The topological polar surface area (TPSA) is 140 Å². The van der Waals surface area contributed by atoms with Gasteiger partial charge in [-0.05, 0) is 48.7 Å². The Bertz CT molecular complexity index is 1580. The van der Waals surface area contributed by atoms with Crippen molar-refractivity contribution >= 4 is 28.9 Å². The van der Waals surface area contributed by atoms with Crippen LogP contribution in [0.5, 0.6) is 11.5 Å². The Kier molecular flexibility index (Phi) is 8.70. The molecule has 0 saturated heterocycles. The van der Waals surface area contributed by atoms with Gasteiger partial charge in [-0.15, -0.1) is 0 Å². The summed E-state index contributed by atoms with van der Waals surface area (Å²) in [5.74, 6) is -2.71. The summed E-state index contributed by atoms with van der Waals surface area (Å²) in [6.07, 6.45) is 1.04. The van der Waals surface area contributed by atoms with E-state index < -0.39 is 28.8 Å². The number of carbonyl (C=O) groups excluding carboxylic acids is 2. The molecule has 0 amide bonds. The van der Waals surface area contributed by atoms with E-state index in [2.05, 4.69) is 0 Å². The molecule has 8 heteroatoms. The van der Waals surface area contributed by atoms with Gasteiger partial charge >= 0.3 is 11.6 Å². The Morgan fingerprint density at radius 3 is 2.45 bits per heavy atom. The molecule has 3 aromatic carbocycles. The average molecular weight is 516 g/mol. The number of esters is 1. The predicted octanol–water partition coefficient (Wildman–Crippen LogP) is 5.72. The van der Waals surface area contributed by atoms with Gasteiger partial charge in [0.2, 0.25) is 0 Å². The molecule has 196 valence electrons. The zero-order valence-electron chi connectivity index (χ0n) is 21.5. The Balaban J connectivity index is 0.00000195. The number of nitrogens with two attached hydrogens (primary N) is 1. The van der Waals surface area contributed by atoms with Crippen molar-refractivity contribution in [2.75, 3.05) is 5.73 Å². The maximum atomic E-state index is 13.3. The number of hydrogen-bond acceptors (Lipinski definition) is 8. The summed E-state index contributed by atoms with van der Waals surface area (Å²) in [6, 6.07) is 15.8. The fraction of sp³-hybridized carbons (Fsp3) is 0.167. The number of carbonyl (C=O) groups is 2. The minimum absolute atomic E-state index is 0.137. The second kappa shape index (κ2) is 11.9. The van der Waals surface area contributed by atoms with Crippen LogP contribution in [-0.4, -0.2) is 22.5 Å². The third-order valence-corrected chi connectivity index (χ3v) is 5.89. The maximum absolute atomic E-state index is 13.3. The molecule has 0 spiro atoms. The van der Waals surface area contributed by atoms with Gasteiger partial charge in [0.25, 0.3) is 0 Å². The Morgan fingerprint density at radius 2 is 1.76 bits per heavy atom. The van der Waals surface area contributed by atoms with E-state index in [1.807, 2.05) is 13.8 Å². The van der Waals surface area contributed by atoms with E-state index in [1.54, 1.807) is 56.3 Å². The lowest BCUT2D eigenvalue weighted by molar-refractivity contribution is -0.130. The van der Waals surface area contributed by atoms with Crippen LogP contribution in [0, 0.1) is 13.8 Å². The van der Waals surface area contributed by atoms with E-state index in [4.69, 9.17) is 14.9 Å². The number of ether oxygens (including phenoxy) is 1. The Morgan fingerprint density at radius 1 is 1.05 bits per heavy atom. The van der Waals surface area contributed by atoms with Crippen molar-refractivity contribution in [2.45, 2.75) is 33.6 Å². The second-order valence-corrected chi connectivity index (χ2v) is 8.33. The van der Waals surface area contributed by atoms with Crippen molar-refractivity contribution in [3.63, 3.8) is 0 Å². The van der Waals surface area contributed by atoms with Crippen LogP contribution in [0.25, 0.3) is 11.0 Å². The number of aliphatic hydroxyl groups is 1. The zero-order chi connectivity index (χ0) is 28.0. The molecular formula is C30H29NO7. The van der Waals surface area contributed by atoms with Gasteiger partial charge in [-0.2, -0.15) is 0 Å². The third-order valence-electron chi connectivity index (χ3n) is 5.89. The Hall–Kier alpha value is -4.85. The number of anilines is 1. The highest BCUT2D eigenvalue weighted by Gasteiger charge is 2.34. The molecule has 0 saturated carbocycles. The highest BCUT2D eigenvalue weighted by molar-refractivity contribution is 5.95. The molecule has 0 bridgehead atoms. The van der Waals surface area contributed by atoms with E-state index >= 15 is 0 Å². The smallest absolute Gasteiger partial charge is 0.344 e. The highest BCUT2D eigenvalue weighted by Crippen LogP contribution is 2.40. The molecular weight excluding hydrogens is 486 g/mol. The predicted molar refractivity (Wildman–Crippen MR) is 146 cm³/mol. The van der Waals surface area contributed by atoms with Crippen LogP contribution in [0.15, 0.2) is 81.7 Å². The van der Waals surface area contributed by atoms with Gasteiger partial charge in [0, 0.05) is 17.3 Å². The van der Waals surface area contributed by atoms with Crippen LogP contribution in [-0.2, 0) is 4.79 Å². The van der Waals surface area contributed by atoms with E-state index in [0.29, 0.717) is 23.8 Å². The maximum Gasteiger partial charge on any atom is 0.344 e. The summed E-state index contributed by atoms with van der Waals surface area (Å²) in [6.45, 7) is 7.50. The number of benzene rings is 3. The van der Waals surface area contributed by atoms with Gasteiger partial charge in [0.1, 0.15) is 23.4 Å². The van der Waals surface area contributed by atoms with Crippen molar-refractivity contribution < 1.29 is 29.0 Å². The molecule has 38 heavy (non-hydrogen) atoms. The first kappa shape index (κ1) is 27.7. The molecule has 4 N–H and O–H groups in total. The lowest BCUT2D eigenvalue weighted by Crippen LogP contribution is -2.24. The van der Waals surface area contributed by atoms with Crippen LogP contribution in [0.1, 0.15) is 52.4 Å². The lowest BCUT2D eigenvalue weighted by atomic mass is 9.82. The highest BCUT2D eigenvalue weighted by atomic mass is 16.5. The number of nitrogen functional groups attached to an aromatic ring is 1. The van der Waals surface area contributed by atoms with Crippen molar-refractivity contribution in [2.24, 2.45) is 0 Å². The van der Waals surface area contributed by atoms with E-state index in [1.165, 1.54) is 18.2 Å². The molecule has 8 nitrogen and oxygen atoms in total. The molecule has 0 fully saturated rings. The summed E-state index contributed by atoms with van der Waals surface area (Å²) in [5, 5.41) is 21.6.